The maximum absolute atomic E-state index is 12.2. The number of amides is 1. The number of aryl methyl sites for hydroxylation is 1. The Balaban J connectivity index is 2.18. The van der Waals surface area contributed by atoms with Crippen molar-refractivity contribution in [3.05, 3.63) is 46.7 Å². The van der Waals surface area contributed by atoms with Crippen LogP contribution in [0.4, 0.5) is 0 Å². The van der Waals surface area contributed by atoms with Gasteiger partial charge in [-0.25, -0.2) is 4.68 Å². The summed E-state index contributed by atoms with van der Waals surface area (Å²) in [7, 11) is 0. The molecular weight excluding hydrogens is 286 g/mol. The first-order chi connectivity index (χ1) is 10.1. The van der Waals surface area contributed by atoms with E-state index >= 15 is 0 Å². The summed E-state index contributed by atoms with van der Waals surface area (Å²) in [5.74, 6) is -0.157. The molecule has 0 bridgehead atoms. The molecule has 1 aromatic heterocycles. The normalized spacial score (nSPS) is 10.6. The molecule has 1 N–H and O–H groups in total. The van der Waals surface area contributed by atoms with E-state index in [0.29, 0.717) is 23.0 Å². The molecule has 0 spiro atoms. The highest BCUT2D eigenvalue weighted by molar-refractivity contribution is 6.33. The van der Waals surface area contributed by atoms with E-state index in [9.17, 15) is 4.79 Å². The van der Waals surface area contributed by atoms with Crippen LogP contribution in [0, 0.1) is 6.92 Å². The molecule has 4 nitrogen and oxygen atoms in total. The van der Waals surface area contributed by atoms with Gasteiger partial charge in [-0.2, -0.15) is 5.10 Å². The Kier molecular flexibility index (Phi) is 5.39. The van der Waals surface area contributed by atoms with E-state index in [1.165, 1.54) is 0 Å². The van der Waals surface area contributed by atoms with Crippen molar-refractivity contribution in [3.8, 4) is 5.69 Å². The van der Waals surface area contributed by atoms with Gasteiger partial charge in [0.05, 0.1) is 16.9 Å². The van der Waals surface area contributed by atoms with Crippen LogP contribution in [0.5, 0.6) is 0 Å². The molecule has 1 heterocycles. The van der Waals surface area contributed by atoms with Gasteiger partial charge in [-0.3, -0.25) is 4.79 Å². The fourth-order valence-corrected chi connectivity index (χ4v) is 2.52. The van der Waals surface area contributed by atoms with E-state index < -0.39 is 0 Å². The fraction of sp³-hybridized carbons (Fsp3) is 0.375. The molecule has 0 saturated carbocycles. The first-order valence-corrected chi connectivity index (χ1v) is 7.61. The summed E-state index contributed by atoms with van der Waals surface area (Å²) >= 11 is 6.34. The molecule has 1 amide bonds. The molecule has 0 fully saturated rings. The van der Waals surface area contributed by atoms with Gasteiger partial charge < -0.3 is 5.32 Å². The molecule has 0 unspecified atom stereocenters. The van der Waals surface area contributed by atoms with E-state index in [0.717, 1.165) is 24.9 Å². The molecule has 5 heteroatoms. The first kappa shape index (κ1) is 15.6. The van der Waals surface area contributed by atoms with Crippen LogP contribution in [-0.4, -0.2) is 22.2 Å². The summed E-state index contributed by atoms with van der Waals surface area (Å²) in [4.78, 5) is 12.2. The van der Waals surface area contributed by atoms with Crippen LogP contribution in [0.3, 0.4) is 0 Å². The minimum atomic E-state index is -0.157. The number of nitrogens with zero attached hydrogens (tertiary/aromatic N) is 2. The first-order valence-electron chi connectivity index (χ1n) is 7.24. The number of carbonyl (C=O) groups excluding carboxylic acids is 1. The highest BCUT2D eigenvalue weighted by Crippen LogP contribution is 2.23. The average Bonchev–Trinajstić information content (AvgIpc) is 2.79. The molecule has 0 radical (unpaired) electrons. The van der Waals surface area contributed by atoms with E-state index in [1.54, 1.807) is 11.6 Å². The fourth-order valence-electron chi connectivity index (χ4n) is 2.16. The van der Waals surface area contributed by atoms with Crippen LogP contribution >= 0.6 is 11.6 Å². The van der Waals surface area contributed by atoms with Gasteiger partial charge >= 0.3 is 0 Å². The Bertz CT molecular complexity index is 607. The van der Waals surface area contributed by atoms with Crippen LogP contribution in [0.25, 0.3) is 5.69 Å². The smallest absolute Gasteiger partial charge is 0.256 e. The molecule has 0 aliphatic heterocycles. The molecule has 1 aromatic carbocycles. The predicted octanol–water partition coefficient (Wildman–Crippen LogP) is 3.75. The second-order valence-electron chi connectivity index (χ2n) is 4.96. The molecule has 0 aliphatic rings. The second kappa shape index (κ2) is 7.27. The third kappa shape index (κ3) is 3.64. The second-order valence-corrected chi connectivity index (χ2v) is 5.32. The molecule has 2 aromatic rings. The summed E-state index contributed by atoms with van der Waals surface area (Å²) in [6.45, 7) is 4.60. The van der Waals surface area contributed by atoms with Gasteiger partial charge in [0.15, 0.2) is 0 Å². The largest absolute Gasteiger partial charge is 0.352 e. The molecular formula is C16H20ClN3O. The standard InChI is InChI=1S/C16H20ClN3O/c1-3-4-8-11-18-16(21)14-12(2)19-20(15(14)17)13-9-6-5-7-10-13/h5-7,9-10H,3-4,8,11H2,1-2H3,(H,18,21). The SMILES string of the molecule is CCCCCNC(=O)c1c(C)nn(-c2ccccc2)c1Cl. The molecule has 0 atom stereocenters. The minimum absolute atomic E-state index is 0.157. The lowest BCUT2D eigenvalue weighted by Crippen LogP contribution is -2.25. The van der Waals surface area contributed by atoms with Crippen molar-refractivity contribution in [3.63, 3.8) is 0 Å². The minimum Gasteiger partial charge on any atom is -0.352 e. The van der Waals surface area contributed by atoms with Crippen molar-refractivity contribution < 1.29 is 4.79 Å². The number of nitrogens with one attached hydrogen (secondary N) is 1. The van der Waals surface area contributed by atoms with Gasteiger partial charge in [0.25, 0.3) is 5.91 Å². The number of para-hydroxylation sites is 1. The predicted molar refractivity (Wildman–Crippen MR) is 85.2 cm³/mol. The summed E-state index contributed by atoms with van der Waals surface area (Å²) in [6.07, 6.45) is 3.21. The number of benzene rings is 1. The quantitative estimate of drug-likeness (QED) is 0.826. The molecule has 2 rings (SSSR count). The van der Waals surface area contributed by atoms with Crippen LogP contribution in [-0.2, 0) is 0 Å². The van der Waals surface area contributed by atoms with Crippen LogP contribution in [0.1, 0.15) is 42.2 Å². The number of rotatable bonds is 6. The lowest BCUT2D eigenvalue weighted by Gasteiger charge is -2.05. The lowest BCUT2D eigenvalue weighted by atomic mass is 10.2. The van der Waals surface area contributed by atoms with E-state index in [1.807, 2.05) is 30.3 Å². The Morgan fingerprint density at radius 2 is 2.00 bits per heavy atom. The van der Waals surface area contributed by atoms with Gasteiger partial charge in [-0.1, -0.05) is 49.6 Å². The van der Waals surface area contributed by atoms with E-state index in [2.05, 4.69) is 17.3 Å². The number of unbranched alkanes of at least 4 members (excludes halogenated alkanes) is 2. The number of hydrogen-bond acceptors (Lipinski definition) is 2. The van der Waals surface area contributed by atoms with E-state index in [4.69, 9.17) is 11.6 Å². The molecule has 112 valence electrons. The number of aromatic nitrogens is 2. The zero-order valence-corrected chi connectivity index (χ0v) is 13.2. The third-order valence-corrected chi connectivity index (χ3v) is 3.65. The van der Waals surface area contributed by atoms with Crippen LogP contribution < -0.4 is 5.32 Å². The van der Waals surface area contributed by atoms with Gasteiger partial charge in [0.2, 0.25) is 0 Å². The summed E-state index contributed by atoms with van der Waals surface area (Å²) in [5, 5.41) is 7.63. The Hall–Kier alpha value is -1.81. The number of hydrogen-bond donors (Lipinski definition) is 1. The zero-order chi connectivity index (χ0) is 15.2. The van der Waals surface area contributed by atoms with Crippen molar-refractivity contribution in [1.29, 1.82) is 0 Å². The summed E-state index contributed by atoms with van der Waals surface area (Å²) in [6, 6.07) is 9.55. The lowest BCUT2D eigenvalue weighted by molar-refractivity contribution is 0.0952. The highest BCUT2D eigenvalue weighted by atomic mass is 35.5. The molecule has 0 saturated heterocycles. The van der Waals surface area contributed by atoms with Gasteiger partial charge in [-0.15, -0.1) is 0 Å². The number of halogens is 1. The van der Waals surface area contributed by atoms with Crippen molar-refractivity contribution in [2.24, 2.45) is 0 Å². The summed E-state index contributed by atoms with van der Waals surface area (Å²) in [5.41, 5.74) is 1.93. The van der Waals surface area contributed by atoms with Crippen molar-refractivity contribution >= 4 is 17.5 Å². The van der Waals surface area contributed by atoms with Crippen LogP contribution in [0.2, 0.25) is 5.15 Å². The Morgan fingerprint density at radius 3 is 2.67 bits per heavy atom. The monoisotopic (exact) mass is 305 g/mol. The average molecular weight is 306 g/mol. The zero-order valence-electron chi connectivity index (χ0n) is 12.4. The number of carbonyl (C=O) groups is 1. The summed E-state index contributed by atoms with van der Waals surface area (Å²) < 4.78 is 1.60. The maximum Gasteiger partial charge on any atom is 0.256 e. The third-order valence-electron chi connectivity index (χ3n) is 3.30. The molecule has 21 heavy (non-hydrogen) atoms. The van der Waals surface area contributed by atoms with Gasteiger partial charge in [-0.05, 0) is 25.5 Å². The van der Waals surface area contributed by atoms with Gasteiger partial charge in [0, 0.05) is 6.54 Å². The Labute approximate surface area is 130 Å². The van der Waals surface area contributed by atoms with Crippen LogP contribution in [0.15, 0.2) is 30.3 Å². The van der Waals surface area contributed by atoms with E-state index in [-0.39, 0.29) is 5.91 Å². The maximum atomic E-state index is 12.2. The highest BCUT2D eigenvalue weighted by Gasteiger charge is 2.20. The van der Waals surface area contributed by atoms with Gasteiger partial charge in [0.1, 0.15) is 5.15 Å². The topological polar surface area (TPSA) is 46.9 Å². The van der Waals surface area contributed by atoms with Crippen molar-refractivity contribution in [2.75, 3.05) is 6.54 Å². The van der Waals surface area contributed by atoms with Crippen molar-refractivity contribution in [2.45, 2.75) is 33.1 Å². The van der Waals surface area contributed by atoms with Crippen molar-refractivity contribution in [1.82, 2.24) is 15.1 Å². The Morgan fingerprint density at radius 1 is 1.29 bits per heavy atom. The molecule has 0 aliphatic carbocycles.